The molecule has 2 heteroatoms. The van der Waals surface area contributed by atoms with E-state index in [1.54, 1.807) is 7.11 Å². The van der Waals surface area contributed by atoms with Gasteiger partial charge in [-0.2, -0.15) is 0 Å². The SMILES string of the molecule is COc1ccc(C(=O)C2CCCCCCC2)cc1C. The summed E-state index contributed by atoms with van der Waals surface area (Å²) in [5, 5.41) is 0. The maximum absolute atomic E-state index is 12.6. The summed E-state index contributed by atoms with van der Waals surface area (Å²) in [4.78, 5) is 12.6. The Balaban J connectivity index is 2.11. The van der Waals surface area contributed by atoms with E-state index in [1.165, 1.54) is 32.1 Å². The number of hydrogen-bond donors (Lipinski definition) is 0. The minimum atomic E-state index is 0.230. The van der Waals surface area contributed by atoms with Crippen LogP contribution in [0, 0.1) is 12.8 Å². The van der Waals surface area contributed by atoms with E-state index in [0.29, 0.717) is 5.78 Å². The summed E-state index contributed by atoms with van der Waals surface area (Å²) >= 11 is 0. The molecule has 1 saturated carbocycles. The highest BCUT2D eigenvalue weighted by molar-refractivity contribution is 5.98. The first kappa shape index (κ1) is 14.1. The van der Waals surface area contributed by atoms with E-state index in [4.69, 9.17) is 4.74 Å². The van der Waals surface area contributed by atoms with E-state index < -0.39 is 0 Å². The Morgan fingerprint density at radius 3 is 2.32 bits per heavy atom. The number of hydrogen-bond acceptors (Lipinski definition) is 2. The molecule has 2 nitrogen and oxygen atoms in total. The summed E-state index contributed by atoms with van der Waals surface area (Å²) in [6, 6.07) is 5.79. The van der Waals surface area contributed by atoms with Crippen LogP contribution in [-0.2, 0) is 0 Å². The first-order chi connectivity index (χ1) is 9.22. The number of carbonyl (C=O) groups is 1. The van der Waals surface area contributed by atoms with Gasteiger partial charge in [0.2, 0.25) is 0 Å². The molecule has 0 radical (unpaired) electrons. The molecule has 1 fully saturated rings. The van der Waals surface area contributed by atoms with Crippen LogP contribution in [0.4, 0.5) is 0 Å². The van der Waals surface area contributed by atoms with Crippen LogP contribution in [0.2, 0.25) is 0 Å². The maximum atomic E-state index is 12.6. The zero-order valence-corrected chi connectivity index (χ0v) is 12.1. The minimum Gasteiger partial charge on any atom is -0.496 e. The van der Waals surface area contributed by atoms with Crippen molar-refractivity contribution in [2.45, 2.75) is 51.9 Å². The van der Waals surface area contributed by atoms with Crippen molar-refractivity contribution in [1.29, 1.82) is 0 Å². The zero-order valence-electron chi connectivity index (χ0n) is 12.1. The first-order valence-corrected chi connectivity index (χ1v) is 7.41. The van der Waals surface area contributed by atoms with Gasteiger partial charge in [-0.25, -0.2) is 0 Å². The molecule has 0 N–H and O–H groups in total. The smallest absolute Gasteiger partial charge is 0.165 e. The van der Waals surface area contributed by atoms with Crippen LogP contribution in [-0.4, -0.2) is 12.9 Å². The highest BCUT2D eigenvalue weighted by Crippen LogP contribution is 2.27. The fourth-order valence-corrected chi connectivity index (χ4v) is 2.99. The summed E-state index contributed by atoms with van der Waals surface area (Å²) in [6.07, 6.45) is 8.42. The predicted octanol–water partition coefficient (Wildman–Crippen LogP) is 4.55. The molecule has 104 valence electrons. The van der Waals surface area contributed by atoms with E-state index in [-0.39, 0.29) is 5.92 Å². The molecule has 1 aliphatic rings. The van der Waals surface area contributed by atoms with E-state index in [1.807, 2.05) is 25.1 Å². The zero-order chi connectivity index (χ0) is 13.7. The number of ether oxygens (including phenoxy) is 1. The van der Waals surface area contributed by atoms with E-state index >= 15 is 0 Å². The third-order valence-corrected chi connectivity index (χ3v) is 4.16. The molecule has 2 rings (SSSR count). The van der Waals surface area contributed by atoms with Gasteiger partial charge in [0.25, 0.3) is 0 Å². The number of ketones is 1. The number of benzene rings is 1. The molecule has 0 spiro atoms. The van der Waals surface area contributed by atoms with Gasteiger partial charge in [0.1, 0.15) is 5.75 Å². The molecule has 0 atom stereocenters. The topological polar surface area (TPSA) is 26.3 Å². The monoisotopic (exact) mass is 260 g/mol. The molecule has 0 saturated heterocycles. The van der Waals surface area contributed by atoms with Crippen LogP contribution in [0.3, 0.4) is 0 Å². The molecular formula is C17H24O2. The highest BCUT2D eigenvalue weighted by atomic mass is 16.5. The Bertz CT molecular complexity index is 429. The molecule has 0 heterocycles. The molecule has 0 aliphatic heterocycles. The summed E-state index contributed by atoms with van der Waals surface area (Å²) in [7, 11) is 1.67. The lowest BCUT2D eigenvalue weighted by Crippen LogP contribution is -2.16. The second-order valence-corrected chi connectivity index (χ2v) is 5.59. The van der Waals surface area contributed by atoms with Crippen molar-refractivity contribution in [2.75, 3.05) is 7.11 Å². The number of aryl methyl sites for hydroxylation is 1. The van der Waals surface area contributed by atoms with Gasteiger partial charge in [-0.05, 0) is 43.5 Å². The van der Waals surface area contributed by atoms with Crippen molar-refractivity contribution in [3.05, 3.63) is 29.3 Å². The molecule has 0 unspecified atom stereocenters. The summed E-state index contributed by atoms with van der Waals surface area (Å²) in [5.41, 5.74) is 1.89. The molecular weight excluding hydrogens is 236 g/mol. The second-order valence-electron chi connectivity index (χ2n) is 5.59. The summed E-state index contributed by atoms with van der Waals surface area (Å²) in [5.74, 6) is 1.41. The molecule has 19 heavy (non-hydrogen) atoms. The Hall–Kier alpha value is -1.31. The van der Waals surface area contributed by atoms with Crippen LogP contribution in [0.5, 0.6) is 5.75 Å². The summed E-state index contributed by atoms with van der Waals surface area (Å²) < 4.78 is 5.25. The fraction of sp³-hybridized carbons (Fsp3) is 0.588. The van der Waals surface area contributed by atoms with Crippen LogP contribution in [0.15, 0.2) is 18.2 Å². The van der Waals surface area contributed by atoms with Crippen molar-refractivity contribution in [2.24, 2.45) is 5.92 Å². The van der Waals surface area contributed by atoms with Crippen LogP contribution in [0.1, 0.15) is 60.9 Å². The van der Waals surface area contributed by atoms with Crippen LogP contribution >= 0.6 is 0 Å². The predicted molar refractivity (Wildman–Crippen MR) is 77.9 cm³/mol. The Morgan fingerprint density at radius 2 is 1.74 bits per heavy atom. The molecule has 0 aromatic heterocycles. The van der Waals surface area contributed by atoms with Gasteiger partial charge in [0.15, 0.2) is 5.78 Å². The molecule has 1 aromatic rings. The van der Waals surface area contributed by atoms with E-state index in [0.717, 1.165) is 29.7 Å². The quantitative estimate of drug-likeness (QED) is 0.745. The van der Waals surface area contributed by atoms with Gasteiger partial charge in [0.05, 0.1) is 7.11 Å². The fourth-order valence-electron chi connectivity index (χ4n) is 2.99. The van der Waals surface area contributed by atoms with Crippen LogP contribution in [0.25, 0.3) is 0 Å². The van der Waals surface area contributed by atoms with Gasteiger partial charge in [-0.3, -0.25) is 4.79 Å². The van der Waals surface area contributed by atoms with Gasteiger partial charge in [-0.15, -0.1) is 0 Å². The standard InChI is InChI=1S/C17H24O2/c1-13-12-15(10-11-16(13)19-2)17(18)14-8-6-4-3-5-7-9-14/h10-12,14H,3-9H2,1-2H3. The Kier molecular flexibility index (Phi) is 5.00. The largest absolute Gasteiger partial charge is 0.496 e. The van der Waals surface area contributed by atoms with Crippen molar-refractivity contribution >= 4 is 5.78 Å². The normalized spacial score (nSPS) is 17.6. The van der Waals surface area contributed by atoms with Crippen molar-refractivity contribution < 1.29 is 9.53 Å². The average Bonchev–Trinajstić information content (AvgIpc) is 2.37. The number of Topliss-reactive ketones (excluding diaryl/α,β-unsaturated/α-hetero) is 1. The molecule has 0 bridgehead atoms. The first-order valence-electron chi connectivity index (χ1n) is 7.41. The van der Waals surface area contributed by atoms with Crippen molar-refractivity contribution in [1.82, 2.24) is 0 Å². The van der Waals surface area contributed by atoms with Gasteiger partial charge in [0, 0.05) is 11.5 Å². The lowest BCUT2D eigenvalue weighted by Gasteiger charge is -2.19. The van der Waals surface area contributed by atoms with Crippen molar-refractivity contribution in [3.63, 3.8) is 0 Å². The number of methoxy groups -OCH3 is 1. The lowest BCUT2D eigenvalue weighted by molar-refractivity contribution is 0.0898. The Morgan fingerprint density at radius 1 is 1.11 bits per heavy atom. The minimum absolute atomic E-state index is 0.230. The van der Waals surface area contributed by atoms with E-state index in [9.17, 15) is 4.79 Å². The third-order valence-electron chi connectivity index (χ3n) is 4.16. The van der Waals surface area contributed by atoms with E-state index in [2.05, 4.69) is 0 Å². The number of carbonyl (C=O) groups excluding carboxylic acids is 1. The molecule has 0 amide bonds. The van der Waals surface area contributed by atoms with Gasteiger partial charge < -0.3 is 4.74 Å². The van der Waals surface area contributed by atoms with Crippen LogP contribution < -0.4 is 4.74 Å². The second kappa shape index (κ2) is 6.74. The van der Waals surface area contributed by atoms with Crippen molar-refractivity contribution in [3.8, 4) is 5.75 Å². The molecule has 1 aliphatic carbocycles. The summed E-state index contributed by atoms with van der Waals surface area (Å²) in [6.45, 7) is 1.99. The lowest BCUT2D eigenvalue weighted by atomic mass is 9.85. The third kappa shape index (κ3) is 3.59. The Labute approximate surface area is 116 Å². The average molecular weight is 260 g/mol. The highest BCUT2D eigenvalue weighted by Gasteiger charge is 2.21. The van der Waals surface area contributed by atoms with Gasteiger partial charge >= 0.3 is 0 Å². The molecule has 1 aromatic carbocycles. The van der Waals surface area contributed by atoms with Gasteiger partial charge in [-0.1, -0.05) is 32.1 Å². The number of rotatable bonds is 3. The maximum Gasteiger partial charge on any atom is 0.165 e.